The Labute approximate surface area is 130 Å². The summed E-state index contributed by atoms with van der Waals surface area (Å²) in [6.45, 7) is 1.58. The zero-order valence-electron chi connectivity index (χ0n) is 12.9. The lowest BCUT2D eigenvalue weighted by Crippen LogP contribution is -2.30. The molecule has 1 heterocycles. The van der Waals surface area contributed by atoms with Crippen LogP contribution in [-0.4, -0.2) is 20.8 Å². The highest BCUT2D eigenvalue weighted by atomic mass is 19.1. The van der Waals surface area contributed by atoms with Crippen molar-refractivity contribution in [3.8, 4) is 11.5 Å². The van der Waals surface area contributed by atoms with E-state index in [1.165, 1.54) is 11.6 Å². The molecule has 1 unspecified atom stereocenters. The van der Waals surface area contributed by atoms with Crippen molar-refractivity contribution in [1.29, 1.82) is 0 Å². The molecule has 22 heavy (non-hydrogen) atoms. The van der Waals surface area contributed by atoms with Crippen LogP contribution >= 0.6 is 0 Å². The molecule has 3 nitrogen and oxygen atoms in total. The number of halogens is 1. The second-order valence-corrected chi connectivity index (χ2v) is 5.52. The third-order valence-electron chi connectivity index (χ3n) is 4.23. The first-order valence-electron chi connectivity index (χ1n) is 7.42. The lowest BCUT2D eigenvalue weighted by atomic mass is 9.85. The molecule has 0 saturated heterocycles. The van der Waals surface area contributed by atoms with E-state index in [-0.39, 0.29) is 11.7 Å². The van der Waals surface area contributed by atoms with E-state index in [4.69, 9.17) is 9.47 Å². The maximum absolute atomic E-state index is 13.9. The van der Waals surface area contributed by atoms with Crippen LogP contribution in [-0.2, 0) is 13.0 Å². The molecule has 2 aromatic rings. The maximum atomic E-state index is 13.9. The molecule has 1 aliphatic rings. The molecule has 0 saturated carbocycles. The van der Waals surface area contributed by atoms with Crippen LogP contribution in [0.25, 0.3) is 0 Å². The second kappa shape index (κ2) is 6.36. The standard InChI is InChI=1S/C18H20FNO2/c1-21-14-8-15-13(7-12-5-3-4-6-17(12)19)10-20-11-16(15)18(9-14)22-2/h3-6,8-9,13,20H,7,10-11H2,1-2H3. The van der Waals surface area contributed by atoms with Crippen LogP contribution < -0.4 is 14.8 Å². The average Bonchev–Trinajstić information content (AvgIpc) is 2.56. The number of hydrogen-bond donors (Lipinski definition) is 1. The third kappa shape index (κ3) is 2.79. The lowest BCUT2D eigenvalue weighted by Gasteiger charge is -2.28. The SMILES string of the molecule is COc1cc(OC)c2c(c1)C(Cc1ccccc1F)CNC2. The number of fused-ring (bicyclic) bond motifs is 1. The van der Waals surface area contributed by atoms with E-state index in [9.17, 15) is 4.39 Å². The van der Waals surface area contributed by atoms with E-state index < -0.39 is 0 Å². The molecule has 0 radical (unpaired) electrons. The van der Waals surface area contributed by atoms with Crippen LogP contribution in [0.1, 0.15) is 22.6 Å². The Balaban J connectivity index is 1.98. The summed E-state index contributed by atoms with van der Waals surface area (Å²) >= 11 is 0. The molecule has 0 bridgehead atoms. The molecule has 0 aromatic heterocycles. The van der Waals surface area contributed by atoms with Gasteiger partial charge in [-0.05, 0) is 29.7 Å². The van der Waals surface area contributed by atoms with E-state index in [1.54, 1.807) is 20.3 Å². The fourth-order valence-corrected chi connectivity index (χ4v) is 3.09. The molecular weight excluding hydrogens is 281 g/mol. The van der Waals surface area contributed by atoms with Crippen molar-refractivity contribution in [3.05, 3.63) is 58.9 Å². The summed E-state index contributed by atoms with van der Waals surface area (Å²) < 4.78 is 24.8. The van der Waals surface area contributed by atoms with Crippen molar-refractivity contribution in [2.75, 3.05) is 20.8 Å². The van der Waals surface area contributed by atoms with Gasteiger partial charge in [-0.25, -0.2) is 4.39 Å². The van der Waals surface area contributed by atoms with Gasteiger partial charge >= 0.3 is 0 Å². The van der Waals surface area contributed by atoms with Gasteiger partial charge in [0.15, 0.2) is 0 Å². The van der Waals surface area contributed by atoms with Crippen LogP contribution in [0.15, 0.2) is 36.4 Å². The monoisotopic (exact) mass is 301 g/mol. The minimum atomic E-state index is -0.149. The van der Waals surface area contributed by atoms with E-state index in [0.29, 0.717) is 6.42 Å². The molecule has 1 atom stereocenters. The molecule has 0 fully saturated rings. The van der Waals surface area contributed by atoms with Gasteiger partial charge < -0.3 is 14.8 Å². The normalized spacial score (nSPS) is 17.0. The van der Waals surface area contributed by atoms with Crippen LogP contribution in [0.2, 0.25) is 0 Å². The van der Waals surface area contributed by atoms with Gasteiger partial charge in [0.2, 0.25) is 0 Å². The maximum Gasteiger partial charge on any atom is 0.127 e. The van der Waals surface area contributed by atoms with Crippen molar-refractivity contribution in [1.82, 2.24) is 5.32 Å². The first-order chi connectivity index (χ1) is 10.7. The van der Waals surface area contributed by atoms with Crippen molar-refractivity contribution in [3.63, 3.8) is 0 Å². The summed E-state index contributed by atoms with van der Waals surface area (Å²) in [7, 11) is 3.31. The number of hydrogen-bond acceptors (Lipinski definition) is 3. The van der Waals surface area contributed by atoms with E-state index >= 15 is 0 Å². The molecule has 3 rings (SSSR count). The van der Waals surface area contributed by atoms with Crippen LogP contribution in [0.4, 0.5) is 4.39 Å². The molecule has 116 valence electrons. The molecule has 4 heteroatoms. The van der Waals surface area contributed by atoms with Gasteiger partial charge in [0.25, 0.3) is 0 Å². The van der Waals surface area contributed by atoms with Crippen molar-refractivity contribution in [2.24, 2.45) is 0 Å². The molecule has 2 aromatic carbocycles. The fraction of sp³-hybridized carbons (Fsp3) is 0.333. The predicted octanol–water partition coefficient (Wildman–Crippen LogP) is 3.27. The summed E-state index contributed by atoms with van der Waals surface area (Å²) in [5.74, 6) is 1.64. The van der Waals surface area contributed by atoms with Gasteiger partial charge in [0.1, 0.15) is 17.3 Å². The number of rotatable bonds is 4. The minimum absolute atomic E-state index is 0.149. The summed E-state index contributed by atoms with van der Waals surface area (Å²) in [5, 5.41) is 3.40. The summed E-state index contributed by atoms with van der Waals surface area (Å²) in [6.07, 6.45) is 0.656. The highest BCUT2D eigenvalue weighted by Crippen LogP contribution is 2.36. The molecule has 0 aliphatic carbocycles. The molecular formula is C18H20FNO2. The first-order valence-corrected chi connectivity index (χ1v) is 7.42. The lowest BCUT2D eigenvalue weighted by molar-refractivity contribution is 0.382. The molecule has 0 amide bonds. The Kier molecular flexibility index (Phi) is 4.29. The van der Waals surface area contributed by atoms with E-state index in [2.05, 4.69) is 5.32 Å². The summed E-state index contributed by atoms with van der Waals surface area (Å²) in [6, 6.07) is 10.9. The minimum Gasteiger partial charge on any atom is -0.497 e. The predicted molar refractivity (Wildman–Crippen MR) is 84.1 cm³/mol. The highest BCUT2D eigenvalue weighted by molar-refractivity contribution is 5.49. The first kappa shape index (κ1) is 14.9. The van der Waals surface area contributed by atoms with E-state index in [1.807, 2.05) is 24.3 Å². The van der Waals surface area contributed by atoms with Gasteiger partial charge in [-0.1, -0.05) is 18.2 Å². The Morgan fingerprint density at radius 3 is 2.73 bits per heavy atom. The van der Waals surface area contributed by atoms with Gasteiger partial charge in [0, 0.05) is 30.6 Å². The molecule has 0 spiro atoms. The number of ether oxygens (including phenoxy) is 2. The van der Waals surface area contributed by atoms with Gasteiger partial charge in [-0.15, -0.1) is 0 Å². The Hall–Kier alpha value is -2.07. The summed E-state index contributed by atoms with van der Waals surface area (Å²) in [4.78, 5) is 0. The van der Waals surface area contributed by atoms with Gasteiger partial charge in [-0.3, -0.25) is 0 Å². The van der Waals surface area contributed by atoms with Crippen LogP contribution in [0.3, 0.4) is 0 Å². The molecule has 1 aliphatic heterocycles. The Bertz CT molecular complexity index is 672. The van der Waals surface area contributed by atoms with Crippen LogP contribution in [0, 0.1) is 5.82 Å². The third-order valence-corrected chi connectivity index (χ3v) is 4.23. The molecule has 1 N–H and O–H groups in total. The zero-order chi connectivity index (χ0) is 15.5. The Morgan fingerprint density at radius 1 is 1.18 bits per heavy atom. The van der Waals surface area contributed by atoms with Crippen LogP contribution in [0.5, 0.6) is 11.5 Å². The zero-order valence-corrected chi connectivity index (χ0v) is 12.9. The van der Waals surface area contributed by atoms with Crippen molar-refractivity contribution >= 4 is 0 Å². The summed E-state index contributed by atoms with van der Waals surface area (Å²) in [5.41, 5.74) is 3.05. The smallest absolute Gasteiger partial charge is 0.127 e. The Morgan fingerprint density at radius 2 is 2.00 bits per heavy atom. The quantitative estimate of drug-likeness (QED) is 0.940. The van der Waals surface area contributed by atoms with E-state index in [0.717, 1.165) is 35.7 Å². The number of benzene rings is 2. The van der Waals surface area contributed by atoms with Crippen molar-refractivity contribution < 1.29 is 13.9 Å². The van der Waals surface area contributed by atoms with Gasteiger partial charge in [-0.2, -0.15) is 0 Å². The number of methoxy groups -OCH3 is 2. The average molecular weight is 301 g/mol. The second-order valence-electron chi connectivity index (χ2n) is 5.52. The highest BCUT2D eigenvalue weighted by Gasteiger charge is 2.25. The topological polar surface area (TPSA) is 30.5 Å². The van der Waals surface area contributed by atoms with Crippen molar-refractivity contribution in [2.45, 2.75) is 18.9 Å². The fourth-order valence-electron chi connectivity index (χ4n) is 3.09. The largest absolute Gasteiger partial charge is 0.497 e. The number of nitrogens with one attached hydrogen (secondary N) is 1. The van der Waals surface area contributed by atoms with Gasteiger partial charge in [0.05, 0.1) is 14.2 Å².